The lowest BCUT2D eigenvalue weighted by atomic mass is 9.74. The van der Waals surface area contributed by atoms with E-state index in [2.05, 4.69) is 37.1 Å². The topological polar surface area (TPSA) is 58.2 Å². The van der Waals surface area contributed by atoms with Gasteiger partial charge in [0.1, 0.15) is 0 Å². The summed E-state index contributed by atoms with van der Waals surface area (Å²) < 4.78 is 24.4. The van der Waals surface area contributed by atoms with Crippen LogP contribution < -0.4 is 10.3 Å². The lowest BCUT2D eigenvalue weighted by Crippen LogP contribution is -2.38. The van der Waals surface area contributed by atoms with Crippen LogP contribution in [-0.4, -0.2) is 8.42 Å². The van der Waals surface area contributed by atoms with Gasteiger partial charge in [0.15, 0.2) is 0 Å². The summed E-state index contributed by atoms with van der Waals surface area (Å²) in [5.74, 6) is 0.645. The van der Waals surface area contributed by atoms with Gasteiger partial charge in [0.05, 0.1) is 4.90 Å². The normalized spacial score (nSPS) is 19.6. The molecular weight excluding hydrogens is 296 g/mol. The highest BCUT2D eigenvalue weighted by molar-refractivity contribution is 7.89. The van der Waals surface area contributed by atoms with Crippen LogP contribution in [0.3, 0.4) is 0 Å². The molecule has 2 N–H and O–H groups in total. The van der Waals surface area contributed by atoms with Gasteiger partial charge >= 0.3 is 0 Å². The van der Waals surface area contributed by atoms with Crippen molar-refractivity contribution in [1.82, 2.24) is 10.3 Å². The van der Waals surface area contributed by atoms with Crippen LogP contribution >= 0.6 is 0 Å². The molecule has 1 aromatic carbocycles. The molecule has 1 aliphatic carbocycles. The Labute approximate surface area is 134 Å². The van der Waals surface area contributed by atoms with Crippen LogP contribution in [0.15, 0.2) is 40.9 Å². The van der Waals surface area contributed by atoms with Crippen LogP contribution in [0.25, 0.3) is 0 Å². The second-order valence-electron chi connectivity index (χ2n) is 7.11. The second kappa shape index (κ2) is 6.42. The van der Waals surface area contributed by atoms with E-state index in [9.17, 15) is 8.42 Å². The summed E-state index contributed by atoms with van der Waals surface area (Å²) >= 11 is 0. The van der Waals surface area contributed by atoms with E-state index in [0.717, 1.165) is 30.5 Å². The van der Waals surface area contributed by atoms with Crippen molar-refractivity contribution < 1.29 is 8.42 Å². The monoisotopic (exact) mass is 322 g/mol. The number of benzene rings is 1. The molecule has 0 amide bonds. The quantitative estimate of drug-likeness (QED) is 0.834. The maximum atomic E-state index is 12.2. The van der Waals surface area contributed by atoms with E-state index < -0.39 is 10.0 Å². The van der Waals surface area contributed by atoms with Gasteiger partial charge in [-0.25, -0.2) is 8.42 Å². The largest absolute Gasteiger partial charge is 0.312 e. The van der Waals surface area contributed by atoms with Crippen LogP contribution in [0.4, 0.5) is 0 Å². The minimum Gasteiger partial charge on any atom is -0.312 e. The Kier molecular flexibility index (Phi) is 4.97. The predicted octanol–water partition coefficient (Wildman–Crippen LogP) is 3.51. The first-order valence-corrected chi connectivity index (χ1v) is 9.20. The first-order chi connectivity index (χ1) is 10.2. The molecule has 0 aliphatic heterocycles. The Morgan fingerprint density at radius 2 is 1.77 bits per heavy atom. The number of nitrogens with one attached hydrogen (secondary N) is 2. The number of allylic oxidation sites excluding steroid dienone is 2. The maximum absolute atomic E-state index is 12.2. The Morgan fingerprint density at radius 1 is 1.14 bits per heavy atom. The highest BCUT2D eigenvalue weighted by atomic mass is 32.2. The second-order valence-corrected chi connectivity index (χ2v) is 8.79. The minimum atomic E-state index is -3.52. The Morgan fingerprint density at radius 3 is 2.27 bits per heavy atom. The molecule has 0 radical (unpaired) electrons. The first-order valence-electron chi connectivity index (χ1n) is 7.72. The summed E-state index contributed by atoms with van der Waals surface area (Å²) in [5, 5.41) is 0. The fraction of sp³-hybridized carbons (Fsp3) is 0.529. The number of hydrazine groups is 1. The Balaban J connectivity index is 1.96. The van der Waals surface area contributed by atoms with E-state index in [-0.39, 0.29) is 4.90 Å². The van der Waals surface area contributed by atoms with Crippen molar-refractivity contribution in [2.45, 2.75) is 51.9 Å². The van der Waals surface area contributed by atoms with E-state index in [0.29, 0.717) is 11.3 Å². The van der Waals surface area contributed by atoms with Crippen molar-refractivity contribution in [2.24, 2.45) is 11.3 Å². The van der Waals surface area contributed by atoms with Crippen molar-refractivity contribution in [1.29, 1.82) is 0 Å². The number of hydrogen-bond acceptors (Lipinski definition) is 3. The number of sulfonamides is 1. The SMILES string of the molecule is Cc1ccc(S(=O)(=O)NNC2=CCC(C(C)(C)C)CC2)cc1. The zero-order valence-corrected chi connectivity index (χ0v) is 14.6. The highest BCUT2D eigenvalue weighted by Crippen LogP contribution is 2.36. The molecule has 5 heteroatoms. The van der Waals surface area contributed by atoms with Gasteiger partial charge in [-0.1, -0.05) is 44.5 Å². The summed E-state index contributed by atoms with van der Waals surface area (Å²) in [7, 11) is -3.52. The molecule has 0 spiro atoms. The summed E-state index contributed by atoms with van der Waals surface area (Å²) in [6.45, 7) is 8.69. The molecule has 0 saturated heterocycles. The summed E-state index contributed by atoms with van der Waals surface area (Å²) in [6, 6.07) is 6.82. The maximum Gasteiger partial charge on any atom is 0.257 e. The van der Waals surface area contributed by atoms with Gasteiger partial charge in [0, 0.05) is 5.70 Å². The molecular formula is C17H26N2O2S. The summed E-state index contributed by atoms with van der Waals surface area (Å²) in [6.07, 6.45) is 5.04. The van der Waals surface area contributed by atoms with Gasteiger partial charge in [-0.05, 0) is 49.7 Å². The lowest BCUT2D eigenvalue weighted by molar-refractivity contribution is 0.218. The lowest BCUT2D eigenvalue weighted by Gasteiger charge is -2.33. The van der Waals surface area contributed by atoms with Crippen molar-refractivity contribution in [2.75, 3.05) is 0 Å². The number of aryl methyl sites for hydroxylation is 1. The van der Waals surface area contributed by atoms with Crippen LogP contribution in [0, 0.1) is 18.3 Å². The number of rotatable bonds is 4. The third kappa shape index (κ3) is 4.34. The van der Waals surface area contributed by atoms with Gasteiger partial charge in [-0.2, -0.15) is 0 Å². The van der Waals surface area contributed by atoms with E-state index in [1.54, 1.807) is 24.3 Å². The fourth-order valence-corrected chi connectivity index (χ4v) is 3.52. The predicted molar refractivity (Wildman–Crippen MR) is 89.5 cm³/mol. The van der Waals surface area contributed by atoms with Crippen LogP contribution in [-0.2, 0) is 10.0 Å². The molecule has 1 atom stereocenters. The van der Waals surface area contributed by atoms with Crippen LogP contribution in [0.2, 0.25) is 0 Å². The first kappa shape index (κ1) is 17.0. The van der Waals surface area contributed by atoms with Gasteiger partial charge in [-0.3, -0.25) is 0 Å². The molecule has 0 bridgehead atoms. The zero-order valence-electron chi connectivity index (χ0n) is 13.8. The van der Waals surface area contributed by atoms with Crippen LogP contribution in [0.1, 0.15) is 45.6 Å². The Bertz CT molecular complexity index is 640. The standard InChI is InChI=1S/C17H26N2O2S/c1-13-5-11-16(12-6-13)22(20,21)19-18-15-9-7-14(8-10-15)17(2,3)4/h5-6,9,11-12,14,18-19H,7-8,10H2,1-4H3. The fourth-order valence-electron chi connectivity index (χ4n) is 2.64. The van der Waals surface area contributed by atoms with Crippen molar-refractivity contribution in [3.63, 3.8) is 0 Å². The molecule has 1 aromatic rings. The molecule has 1 unspecified atom stereocenters. The third-order valence-corrected chi connectivity index (χ3v) is 5.58. The van der Waals surface area contributed by atoms with Gasteiger partial charge in [0.2, 0.25) is 0 Å². The van der Waals surface area contributed by atoms with E-state index in [1.165, 1.54) is 0 Å². The summed E-state index contributed by atoms with van der Waals surface area (Å²) in [5.41, 5.74) is 5.16. The smallest absolute Gasteiger partial charge is 0.257 e. The molecule has 1 aliphatic rings. The summed E-state index contributed by atoms with van der Waals surface area (Å²) in [4.78, 5) is 2.74. The van der Waals surface area contributed by atoms with E-state index in [1.807, 2.05) is 6.92 Å². The molecule has 4 nitrogen and oxygen atoms in total. The zero-order chi connectivity index (χ0) is 16.4. The molecule has 0 heterocycles. The average Bonchev–Trinajstić information content (AvgIpc) is 2.45. The van der Waals surface area contributed by atoms with E-state index in [4.69, 9.17) is 0 Å². The molecule has 22 heavy (non-hydrogen) atoms. The van der Waals surface area contributed by atoms with Gasteiger partial charge in [-0.15, -0.1) is 4.83 Å². The van der Waals surface area contributed by atoms with Gasteiger partial charge in [0.25, 0.3) is 10.0 Å². The third-order valence-electron chi connectivity index (χ3n) is 4.31. The molecule has 0 aromatic heterocycles. The average molecular weight is 322 g/mol. The van der Waals surface area contributed by atoms with Crippen LogP contribution in [0.5, 0.6) is 0 Å². The Hall–Kier alpha value is -1.33. The van der Waals surface area contributed by atoms with Crippen molar-refractivity contribution in [3.05, 3.63) is 41.6 Å². The molecule has 2 rings (SSSR count). The van der Waals surface area contributed by atoms with Crippen molar-refractivity contribution >= 4 is 10.0 Å². The van der Waals surface area contributed by atoms with E-state index >= 15 is 0 Å². The highest BCUT2D eigenvalue weighted by Gasteiger charge is 2.26. The van der Waals surface area contributed by atoms with Gasteiger partial charge < -0.3 is 5.43 Å². The minimum absolute atomic E-state index is 0.273. The molecule has 0 saturated carbocycles. The molecule has 122 valence electrons. The number of hydrogen-bond donors (Lipinski definition) is 2. The van der Waals surface area contributed by atoms with Crippen molar-refractivity contribution in [3.8, 4) is 0 Å². The molecule has 0 fully saturated rings.